The van der Waals surface area contributed by atoms with Gasteiger partial charge in [-0.25, -0.2) is 0 Å². The van der Waals surface area contributed by atoms with Gasteiger partial charge in [0.1, 0.15) is 0 Å². The SMILES string of the molecule is O=S(=O)(O)CCBr.[Na+]. The van der Waals surface area contributed by atoms with E-state index in [0.29, 0.717) is 0 Å². The Hall–Kier alpha value is 1.39. The third-order valence-electron chi connectivity index (χ3n) is 0.335. The molecule has 0 fully saturated rings. The minimum absolute atomic E-state index is 0. The van der Waals surface area contributed by atoms with Crippen molar-refractivity contribution in [2.75, 3.05) is 11.1 Å². The third kappa shape index (κ3) is 10.4. The van der Waals surface area contributed by atoms with E-state index in [9.17, 15) is 8.42 Å². The summed E-state index contributed by atoms with van der Waals surface area (Å²) >= 11 is 2.85. The second kappa shape index (κ2) is 5.20. The fourth-order valence-electron chi connectivity index (χ4n) is 0.0975. The van der Waals surface area contributed by atoms with Gasteiger partial charge in [-0.05, 0) is 0 Å². The van der Waals surface area contributed by atoms with E-state index >= 15 is 0 Å². The first-order valence-electron chi connectivity index (χ1n) is 1.57. The molecule has 1 N–H and O–H groups in total. The van der Waals surface area contributed by atoms with Crippen LogP contribution in [0.5, 0.6) is 0 Å². The van der Waals surface area contributed by atoms with Crippen LogP contribution in [0.1, 0.15) is 0 Å². The van der Waals surface area contributed by atoms with Crippen LogP contribution in [0.25, 0.3) is 0 Å². The van der Waals surface area contributed by atoms with E-state index in [4.69, 9.17) is 4.55 Å². The zero-order valence-electron chi connectivity index (χ0n) is 4.46. The monoisotopic (exact) mass is 211 g/mol. The molecule has 0 aliphatic carbocycles. The van der Waals surface area contributed by atoms with Crippen LogP contribution in [0.2, 0.25) is 0 Å². The van der Waals surface area contributed by atoms with E-state index in [-0.39, 0.29) is 40.6 Å². The molecule has 0 saturated heterocycles. The van der Waals surface area contributed by atoms with Gasteiger partial charge in [-0.15, -0.1) is 0 Å². The van der Waals surface area contributed by atoms with Gasteiger partial charge in [0.05, 0.1) is 5.75 Å². The molecular weight excluding hydrogens is 207 g/mol. The van der Waals surface area contributed by atoms with Crippen molar-refractivity contribution in [1.82, 2.24) is 0 Å². The Morgan fingerprint density at radius 1 is 1.50 bits per heavy atom. The zero-order valence-corrected chi connectivity index (χ0v) is 8.87. The number of hydrogen-bond donors (Lipinski definition) is 1. The number of alkyl halides is 1. The van der Waals surface area contributed by atoms with Gasteiger partial charge in [-0.3, -0.25) is 4.55 Å². The average Bonchev–Trinajstić information content (AvgIpc) is 1.30. The molecule has 0 bridgehead atoms. The molecule has 0 radical (unpaired) electrons. The predicted octanol–water partition coefficient (Wildman–Crippen LogP) is -2.73. The van der Waals surface area contributed by atoms with Gasteiger partial charge in [-0.1, -0.05) is 15.9 Å². The largest absolute Gasteiger partial charge is 1.00 e. The van der Waals surface area contributed by atoms with Crippen molar-refractivity contribution >= 4 is 26.0 Å². The molecule has 0 spiro atoms. The molecule has 3 nitrogen and oxygen atoms in total. The van der Waals surface area contributed by atoms with Crippen LogP contribution in [0.4, 0.5) is 0 Å². The Bertz CT molecular complexity index is 130. The molecule has 0 aromatic carbocycles. The predicted molar refractivity (Wildman–Crippen MR) is 30.2 cm³/mol. The van der Waals surface area contributed by atoms with Crippen LogP contribution in [0, 0.1) is 0 Å². The van der Waals surface area contributed by atoms with Crippen molar-refractivity contribution in [2.24, 2.45) is 0 Å². The molecule has 6 heteroatoms. The molecule has 0 heterocycles. The van der Waals surface area contributed by atoms with E-state index in [1.165, 1.54) is 0 Å². The summed E-state index contributed by atoms with van der Waals surface area (Å²) in [5.41, 5.74) is 0. The molecule has 0 rings (SSSR count). The van der Waals surface area contributed by atoms with Gasteiger partial charge in [0.15, 0.2) is 0 Å². The quantitative estimate of drug-likeness (QED) is 0.307. The van der Waals surface area contributed by atoms with Crippen LogP contribution >= 0.6 is 15.9 Å². The van der Waals surface area contributed by atoms with Gasteiger partial charge < -0.3 is 0 Å². The summed E-state index contributed by atoms with van der Waals surface area (Å²) in [7, 11) is -3.72. The Kier molecular flexibility index (Phi) is 7.86. The van der Waals surface area contributed by atoms with E-state index in [1.54, 1.807) is 0 Å². The number of rotatable bonds is 2. The molecule has 0 aromatic rings. The maximum absolute atomic E-state index is 9.76. The summed E-state index contributed by atoms with van der Waals surface area (Å²) in [5.74, 6) is -0.215. The van der Waals surface area contributed by atoms with Crippen LogP contribution in [0.3, 0.4) is 0 Å². The standard InChI is InChI=1S/C2H5BrO3S.Na/c3-1-2-7(4,5)6;/h1-2H2,(H,4,5,6);/q;+1. The smallest absolute Gasteiger partial charge is 0.286 e. The summed E-state index contributed by atoms with van der Waals surface area (Å²) in [6.07, 6.45) is 0. The normalized spacial score (nSPS) is 10.2. The van der Waals surface area contributed by atoms with Gasteiger partial charge in [0, 0.05) is 5.33 Å². The van der Waals surface area contributed by atoms with Crippen molar-refractivity contribution in [3.05, 3.63) is 0 Å². The molecule has 0 amide bonds. The van der Waals surface area contributed by atoms with Gasteiger partial charge in [0.2, 0.25) is 0 Å². The third-order valence-corrected chi connectivity index (χ3v) is 1.98. The first-order chi connectivity index (χ1) is 3.06. The first kappa shape index (κ1) is 12.1. The number of hydrogen-bond acceptors (Lipinski definition) is 2. The summed E-state index contributed by atoms with van der Waals surface area (Å²) in [5, 5.41) is 0.284. The second-order valence-electron chi connectivity index (χ2n) is 0.975. The molecule has 0 unspecified atom stereocenters. The van der Waals surface area contributed by atoms with E-state index in [0.717, 1.165) is 0 Å². The van der Waals surface area contributed by atoms with E-state index in [2.05, 4.69) is 15.9 Å². The summed E-state index contributed by atoms with van der Waals surface area (Å²) in [4.78, 5) is 0. The Morgan fingerprint density at radius 3 is 1.88 bits per heavy atom. The Labute approximate surface area is 79.0 Å². The summed E-state index contributed by atoms with van der Waals surface area (Å²) in [6, 6.07) is 0. The molecule has 0 aliphatic heterocycles. The van der Waals surface area contributed by atoms with Gasteiger partial charge >= 0.3 is 29.6 Å². The van der Waals surface area contributed by atoms with Crippen molar-refractivity contribution in [3.8, 4) is 0 Å². The Morgan fingerprint density at radius 2 is 1.88 bits per heavy atom. The Balaban J connectivity index is 0. The van der Waals surface area contributed by atoms with E-state index in [1.807, 2.05) is 0 Å². The topological polar surface area (TPSA) is 54.4 Å². The molecule has 8 heavy (non-hydrogen) atoms. The van der Waals surface area contributed by atoms with Crippen molar-refractivity contribution in [1.29, 1.82) is 0 Å². The fraction of sp³-hybridized carbons (Fsp3) is 1.00. The summed E-state index contributed by atoms with van der Waals surface area (Å²) in [6.45, 7) is 0. The summed E-state index contributed by atoms with van der Waals surface area (Å²) < 4.78 is 27.5. The van der Waals surface area contributed by atoms with Crippen LogP contribution in [-0.4, -0.2) is 24.1 Å². The van der Waals surface area contributed by atoms with Crippen LogP contribution < -0.4 is 29.6 Å². The van der Waals surface area contributed by atoms with Gasteiger partial charge in [-0.2, -0.15) is 8.42 Å². The maximum atomic E-state index is 9.76. The van der Waals surface area contributed by atoms with E-state index < -0.39 is 10.1 Å². The van der Waals surface area contributed by atoms with Crippen LogP contribution in [0.15, 0.2) is 0 Å². The van der Waals surface area contributed by atoms with Crippen molar-refractivity contribution in [2.45, 2.75) is 0 Å². The van der Waals surface area contributed by atoms with Gasteiger partial charge in [0.25, 0.3) is 10.1 Å². The average molecular weight is 212 g/mol. The van der Waals surface area contributed by atoms with Crippen molar-refractivity contribution in [3.63, 3.8) is 0 Å². The van der Waals surface area contributed by atoms with Crippen LogP contribution in [-0.2, 0) is 10.1 Å². The molecule has 0 saturated carbocycles. The first-order valence-corrected chi connectivity index (χ1v) is 4.30. The molecule has 0 aliphatic rings. The fourth-order valence-corrected chi connectivity index (χ4v) is 1.52. The number of halogens is 1. The second-order valence-corrected chi connectivity index (χ2v) is 3.34. The molecule has 0 atom stereocenters. The zero-order chi connectivity index (χ0) is 5.91. The minimum Gasteiger partial charge on any atom is -0.286 e. The van der Waals surface area contributed by atoms with Crippen molar-refractivity contribution < 1.29 is 42.5 Å². The molecular formula is C2H5BrNaO3S+. The minimum atomic E-state index is -3.72. The maximum Gasteiger partial charge on any atom is 1.00 e. The molecule has 0 aromatic heterocycles. The molecule has 44 valence electrons.